The molecule has 100 valence electrons. The Kier molecular flexibility index (Phi) is 5.18. The summed E-state index contributed by atoms with van der Waals surface area (Å²) in [5.41, 5.74) is 2.11. The molecule has 0 saturated carbocycles. The molecule has 0 aromatic carbocycles. The largest absolute Gasteiger partial charge is 0.152 e. The van der Waals surface area contributed by atoms with E-state index in [0.29, 0.717) is 10.8 Å². The lowest BCUT2D eigenvalue weighted by atomic mass is 9.90. The lowest BCUT2D eigenvalue weighted by Crippen LogP contribution is -2.08. The van der Waals surface area contributed by atoms with Crippen molar-refractivity contribution in [2.24, 2.45) is 0 Å². The van der Waals surface area contributed by atoms with Crippen LogP contribution in [0.5, 0.6) is 0 Å². The lowest BCUT2D eigenvalue weighted by molar-refractivity contribution is 0.593. The van der Waals surface area contributed by atoms with E-state index in [-0.39, 0.29) is 0 Å². The summed E-state index contributed by atoms with van der Waals surface area (Å²) in [4.78, 5) is 1.46. The summed E-state index contributed by atoms with van der Waals surface area (Å²) in [7, 11) is 0. The maximum Gasteiger partial charge on any atom is 0.00987 e. The van der Waals surface area contributed by atoms with E-state index in [2.05, 4.69) is 75.9 Å². The minimum Gasteiger partial charge on any atom is -0.152 e. The van der Waals surface area contributed by atoms with Gasteiger partial charge in [0.05, 0.1) is 0 Å². The Bertz CT molecular complexity index is 378. The van der Waals surface area contributed by atoms with Gasteiger partial charge in [-0.3, -0.25) is 0 Å². The van der Waals surface area contributed by atoms with Crippen LogP contribution in [-0.2, 0) is 10.8 Å². The average molecular weight is 281 g/mol. The van der Waals surface area contributed by atoms with Gasteiger partial charge in [0.1, 0.15) is 0 Å². The van der Waals surface area contributed by atoms with Gasteiger partial charge in [0.25, 0.3) is 0 Å². The van der Waals surface area contributed by atoms with Crippen LogP contribution in [0.1, 0.15) is 52.0 Å². The Morgan fingerprint density at radius 2 is 1.50 bits per heavy atom. The smallest absolute Gasteiger partial charge is 0.00987 e. The van der Waals surface area contributed by atoms with Gasteiger partial charge in [0.2, 0.25) is 0 Å². The number of hydrogen-bond donors (Lipinski definition) is 0. The summed E-state index contributed by atoms with van der Waals surface area (Å²) in [5, 5.41) is 6.46. The van der Waals surface area contributed by atoms with Crippen molar-refractivity contribution in [3.8, 4) is 0 Å². The third kappa shape index (κ3) is 4.95. The molecule has 0 atom stereocenters. The second kappa shape index (κ2) is 6.03. The summed E-state index contributed by atoms with van der Waals surface area (Å²) < 4.78 is 0. The Morgan fingerprint density at radius 3 is 1.72 bits per heavy atom. The fraction of sp³-hybridized carbons (Fsp3) is 0.500. The van der Waals surface area contributed by atoms with E-state index in [4.69, 9.17) is 0 Å². The molecule has 2 aromatic rings. The Hall–Kier alpha value is -0.600. The monoisotopic (exact) mass is 280 g/mol. The van der Waals surface area contributed by atoms with Crippen LogP contribution < -0.4 is 0 Å². The van der Waals surface area contributed by atoms with Crippen molar-refractivity contribution in [3.05, 3.63) is 44.8 Å². The van der Waals surface area contributed by atoms with E-state index in [9.17, 15) is 0 Å². The molecule has 0 aliphatic rings. The fourth-order valence-electron chi connectivity index (χ4n) is 1.40. The van der Waals surface area contributed by atoms with Crippen molar-refractivity contribution >= 4 is 22.7 Å². The lowest BCUT2D eigenvalue weighted by Gasteiger charge is -2.15. The molecule has 0 amide bonds. The second-order valence-corrected chi connectivity index (χ2v) is 8.22. The van der Waals surface area contributed by atoms with Crippen LogP contribution in [0.3, 0.4) is 0 Å². The van der Waals surface area contributed by atoms with Crippen LogP contribution in [0.15, 0.2) is 34.3 Å². The molecule has 0 radical (unpaired) electrons. The SMILES string of the molecule is CC(C)(C)c1cccs1.CC(C)(C)c1ccsc1. The maximum absolute atomic E-state index is 2.23. The molecule has 18 heavy (non-hydrogen) atoms. The van der Waals surface area contributed by atoms with Crippen molar-refractivity contribution in [1.29, 1.82) is 0 Å². The summed E-state index contributed by atoms with van der Waals surface area (Å²) in [6, 6.07) is 6.47. The van der Waals surface area contributed by atoms with Crippen molar-refractivity contribution in [3.63, 3.8) is 0 Å². The Labute approximate surface area is 120 Å². The third-order valence-corrected chi connectivity index (χ3v) is 4.63. The molecule has 0 saturated heterocycles. The van der Waals surface area contributed by atoms with Gasteiger partial charge in [-0.1, -0.05) is 47.6 Å². The summed E-state index contributed by atoms with van der Waals surface area (Å²) in [6.45, 7) is 13.4. The van der Waals surface area contributed by atoms with Crippen LogP contribution >= 0.6 is 22.7 Å². The zero-order chi connectivity index (χ0) is 13.8. The van der Waals surface area contributed by atoms with Crippen LogP contribution in [0, 0.1) is 0 Å². The Morgan fingerprint density at radius 1 is 0.833 bits per heavy atom. The molecular formula is C16H24S2. The van der Waals surface area contributed by atoms with Crippen LogP contribution in [0.25, 0.3) is 0 Å². The average Bonchev–Trinajstić information content (AvgIpc) is 2.91. The van der Waals surface area contributed by atoms with Crippen molar-refractivity contribution in [1.82, 2.24) is 0 Å². The number of hydrogen-bond acceptors (Lipinski definition) is 2. The van der Waals surface area contributed by atoms with Gasteiger partial charge in [-0.25, -0.2) is 0 Å². The van der Waals surface area contributed by atoms with Gasteiger partial charge in [0, 0.05) is 4.88 Å². The first-order valence-corrected chi connectivity index (χ1v) is 8.10. The highest BCUT2D eigenvalue weighted by molar-refractivity contribution is 7.10. The Balaban J connectivity index is 0.000000180. The van der Waals surface area contributed by atoms with Gasteiger partial charge in [-0.15, -0.1) is 11.3 Å². The molecule has 0 spiro atoms. The maximum atomic E-state index is 2.23. The van der Waals surface area contributed by atoms with Gasteiger partial charge in [0.15, 0.2) is 0 Å². The molecule has 2 heteroatoms. The molecular weight excluding hydrogens is 256 g/mol. The predicted molar refractivity (Wildman–Crippen MR) is 86.0 cm³/mol. The highest BCUT2D eigenvalue weighted by atomic mass is 32.1. The highest BCUT2D eigenvalue weighted by Crippen LogP contribution is 2.26. The van der Waals surface area contributed by atoms with E-state index >= 15 is 0 Å². The summed E-state index contributed by atoms with van der Waals surface area (Å²) in [6.07, 6.45) is 0. The van der Waals surface area contributed by atoms with E-state index in [1.807, 2.05) is 11.3 Å². The van der Waals surface area contributed by atoms with E-state index in [0.717, 1.165) is 0 Å². The van der Waals surface area contributed by atoms with Crippen LogP contribution in [0.2, 0.25) is 0 Å². The topological polar surface area (TPSA) is 0 Å². The molecule has 0 bridgehead atoms. The first-order chi connectivity index (χ1) is 8.21. The first-order valence-electron chi connectivity index (χ1n) is 6.28. The first kappa shape index (κ1) is 15.5. The zero-order valence-electron chi connectivity index (χ0n) is 12.3. The molecule has 2 heterocycles. The quantitative estimate of drug-likeness (QED) is 0.547. The van der Waals surface area contributed by atoms with Crippen LogP contribution in [-0.4, -0.2) is 0 Å². The zero-order valence-corrected chi connectivity index (χ0v) is 13.9. The van der Waals surface area contributed by atoms with Gasteiger partial charge in [-0.05, 0) is 44.7 Å². The van der Waals surface area contributed by atoms with Crippen LogP contribution in [0.4, 0.5) is 0 Å². The molecule has 0 unspecified atom stereocenters. The minimum atomic E-state index is 0.333. The number of thiophene rings is 2. The molecule has 2 rings (SSSR count). The fourth-order valence-corrected chi connectivity index (χ4v) is 3.09. The van der Waals surface area contributed by atoms with E-state index in [1.165, 1.54) is 10.4 Å². The molecule has 2 aromatic heterocycles. The van der Waals surface area contributed by atoms with E-state index in [1.54, 1.807) is 11.3 Å². The predicted octanol–water partition coefficient (Wildman–Crippen LogP) is 6.09. The van der Waals surface area contributed by atoms with E-state index < -0.39 is 0 Å². The highest BCUT2D eigenvalue weighted by Gasteiger charge is 2.13. The molecule has 0 aliphatic heterocycles. The van der Waals surface area contributed by atoms with Crippen molar-refractivity contribution in [2.75, 3.05) is 0 Å². The van der Waals surface area contributed by atoms with Gasteiger partial charge in [-0.2, -0.15) is 11.3 Å². The number of rotatable bonds is 0. The third-order valence-electron chi connectivity index (χ3n) is 2.65. The molecule has 0 N–H and O–H groups in total. The molecule has 0 nitrogen and oxygen atoms in total. The standard InChI is InChI=1S/2C8H12S/c1-8(2,3)7-4-5-9-6-7;1-8(2,3)7-5-4-6-9-7/h2*4-6H,1-3H3. The summed E-state index contributed by atoms with van der Waals surface area (Å²) in [5.74, 6) is 0. The second-order valence-electron chi connectivity index (χ2n) is 6.49. The van der Waals surface area contributed by atoms with Crippen molar-refractivity contribution < 1.29 is 0 Å². The molecule has 0 fully saturated rings. The van der Waals surface area contributed by atoms with Gasteiger partial charge >= 0.3 is 0 Å². The molecule has 0 aliphatic carbocycles. The minimum absolute atomic E-state index is 0.333. The normalized spacial score (nSPS) is 11.9. The van der Waals surface area contributed by atoms with Crippen molar-refractivity contribution in [2.45, 2.75) is 52.4 Å². The summed E-state index contributed by atoms with van der Waals surface area (Å²) >= 11 is 3.60. The van der Waals surface area contributed by atoms with Gasteiger partial charge < -0.3 is 0 Å².